The summed E-state index contributed by atoms with van der Waals surface area (Å²) in [7, 11) is 0. The van der Waals surface area contributed by atoms with Crippen LogP contribution in [0.15, 0.2) is 9.98 Å². The lowest BCUT2D eigenvalue weighted by atomic mass is 10.4. The summed E-state index contributed by atoms with van der Waals surface area (Å²) in [5.41, 5.74) is 0. The summed E-state index contributed by atoms with van der Waals surface area (Å²) in [5, 5.41) is 0. The monoisotopic (exact) mass is 109 g/mol. The van der Waals surface area contributed by atoms with Crippen LogP contribution in [0.3, 0.4) is 0 Å². The molecule has 0 spiro atoms. The first kappa shape index (κ1) is 4.83. The number of carbonyl (C=O) groups is 2. The summed E-state index contributed by atoms with van der Waals surface area (Å²) in [6.45, 7) is 0. The van der Waals surface area contributed by atoms with Crippen LogP contribution in [0.4, 0.5) is 0 Å². The average Bonchev–Trinajstić information content (AvgIpc) is 1.77. The Bertz CT molecular complexity index is 170. The van der Waals surface area contributed by atoms with Gasteiger partial charge in [-0.15, -0.1) is 0 Å². The van der Waals surface area contributed by atoms with Crippen LogP contribution < -0.4 is 0 Å². The molecule has 0 saturated heterocycles. The van der Waals surface area contributed by atoms with Gasteiger partial charge in [-0.3, -0.25) is 9.59 Å². The summed E-state index contributed by atoms with van der Waals surface area (Å²) >= 11 is 0. The van der Waals surface area contributed by atoms with Crippen LogP contribution in [0.2, 0.25) is 0 Å². The molecular formula is C4HN2O2. The van der Waals surface area contributed by atoms with Gasteiger partial charge in [-0.2, -0.15) is 4.99 Å². The van der Waals surface area contributed by atoms with Gasteiger partial charge in [-0.25, -0.2) is 4.99 Å². The molecule has 1 radical (unpaired) electrons. The zero-order valence-electron chi connectivity index (χ0n) is 3.79. The Kier molecular flexibility index (Phi) is 0.997. The molecule has 1 aliphatic rings. The number of rotatable bonds is 0. The van der Waals surface area contributed by atoms with E-state index in [-0.39, 0.29) is 0 Å². The summed E-state index contributed by atoms with van der Waals surface area (Å²) < 4.78 is 0. The van der Waals surface area contributed by atoms with Gasteiger partial charge in [0.05, 0.1) is 0 Å². The molecule has 0 aliphatic carbocycles. The van der Waals surface area contributed by atoms with Crippen molar-refractivity contribution in [3.8, 4) is 0 Å². The van der Waals surface area contributed by atoms with Gasteiger partial charge in [-0.05, 0) is 0 Å². The Labute approximate surface area is 44.9 Å². The maximum absolute atomic E-state index is 10.1. The van der Waals surface area contributed by atoms with Crippen LogP contribution in [0.5, 0.6) is 0 Å². The summed E-state index contributed by atoms with van der Waals surface area (Å²) in [5.74, 6) is -1.59. The summed E-state index contributed by atoms with van der Waals surface area (Å²) in [4.78, 5) is 26.5. The smallest absolute Gasteiger partial charge is 0.281 e. The molecule has 0 fully saturated rings. The number of aliphatic imine (C=N–C) groups is 2. The van der Waals surface area contributed by atoms with Gasteiger partial charge in [0.25, 0.3) is 5.78 Å². The second kappa shape index (κ2) is 1.65. The molecule has 39 valence electrons. The third kappa shape index (κ3) is 0.676. The van der Waals surface area contributed by atoms with Gasteiger partial charge >= 0.3 is 5.91 Å². The van der Waals surface area contributed by atoms with Crippen molar-refractivity contribution in [2.75, 3.05) is 0 Å². The molecule has 1 amide bonds. The van der Waals surface area contributed by atoms with Crippen LogP contribution in [-0.4, -0.2) is 24.2 Å². The van der Waals surface area contributed by atoms with E-state index in [4.69, 9.17) is 0 Å². The van der Waals surface area contributed by atoms with Crippen molar-refractivity contribution >= 4 is 24.2 Å². The van der Waals surface area contributed by atoms with Gasteiger partial charge in [0.1, 0.15) is 12.6 Å². The van der Waals surface area contributed by atoms with Crippen LogP contribution in [-0.2, 0) is 9.59 Å². The van der Waals surface area contributed by atoms with E-state index in [2.05, 4.69) is 9.98 Å². The van der Waals surface area contributed by atoms with Crippen molar-refractivity contribution in [3.05, 3.63) is 0 Å². The van der Waals surface area contributed by atoms with Crippen LogP contribution in [0.25, 0.3) is 0 Å². The number of carbonyl (C=O) groups excluding carboxylic acids is 2. The van der Waals surface area contributed by atoms with Gasteiger partial charge in [0, 0.05) is 0 Å². The second-order valence-corrected chi connectivity index (χ2v) is 1.12. The molecule has 4 nitrogen and oxygen atoms in total. The summed E-state index contributed by atoms with van der Waals surface area (Å²) in [6, 6.07) is 0. The maximum Gasteiger partial charge on any atom is 0.321 e. The first-order chi connectivity index (χ1) is 3.80. The van der Waals surface area contributed by atoms with E-state index in [0.717, 1.165) is 6.34 Å². The number of ketones is 1. The van der Waals surface area contributed by atoms with Crippen molar-refractivity contribution in [2.24, 2.45) is 9.98 Å². The molecule has 8 heavy (non-hydrogen) atoms. The highest BCUT2D eigenvalue weighted by molar-refractivity contribution is 6.60. The highest BCUT2D eigenvalue weighted by Crippen LogP contribution is 1.80. The quantitative estimate of drug-likeness (QED) is 0.377. The van der Waals surface area contributed by atoms with Crippen LogP contribution >= 0.6 is 0 Å². The van der Waals surface area contributed by atoms with Crippen molar-refractivity contribution in [1.29, 1.82) is 0 Å². The first-order valence-corrected chi connectivity index (χ1v) is 1.87. The average molecular weight is 109 g/mol. The number of hydrogen-bond donors (Lipinski definition) is 0. The molecular weight excluding hydrogens is 108 g/mol. The fourth-order valence-corrected chi connectivity index (χ4v) is 0.275. The van der Waals surface area contributed by atoms with Gasteiger partial charge in [0.15, 0.2) is 0 Å². The second-order valence-electron chi connectivity index (χ2n) is 1.12. The van der Waals surface area contributed by atoms with E-state index < -0.39 is 11.7 Å². The van der Waals surface area contributed by atoms with E-state index in [9.17, 15) is 9.59 Å². The highest BCUT2D eigenvalue weighted by atomic mass is 16.2. The van der Waals surface area contributed by atoms with Gasteiger partial charge in [-0.1, -0.05) is 0 Å². The van der Waals surface area contributed by atoms with Crippen LogP contribution in [0, 0.1) is 0 Å². The predicted octanol–water partition coefficient (Wildman–Crippen LogP) is -0.928. The molecule has 0 unspecified atom stereocenters. The number of Topliss-reactive ketones (excluding diaryl/α,β-unsaturated/α-hetero) is 1. The molecule has 0 aromatic heterocycles. The molecule has 0 saturated carbocycles. The van der Waals surface area contributed by atoms with E-state index in [1.54, 1.807) is 0 Å². The topological polar surface area (TPSA) is 58.9 Å². The van der Waals surface area contributed by atoms with E-state index in [0.29, 0.717) is 0 Å². The largest absolute Gasteiger partial charge is 0.321 e. The third-order valence-electron chi connectivity index (χ3n) is 0.593. The Balaban J connectivity index is 2.89. The predicted molar refractivity (Wildman–Crippen MR) is 25.9 cm³/mol. The minimum absolute atomic E-state index is 0.785. The molecule has 0 aromatic rings. The van der Waals surface area contributed by atoms with E-state index in [1.165, 1.54) is 0 Å². The van der Waals surface area contributed by atoms with Crippen molar-refractivity contribution < 1.29 is 9.59 Å². The fraction of sp³-hybridized carbons (Fsp3) is 0. The lowest BCUT2D eigenvalue weighted by Crippen LogP contribution is -2.15. The summed E-state index contributed by atoms with van der Waals surface area (Å²) in [6.07, 6.45) is 2.91. The zero-order chi connectivity index (χ0) is 5.98. The van der Waals surface area contributed by atoms with Gasteiger partial charge < -0.3 is 0 Å². The third-order valence-corrected chi connectivity index (χ3v) is 0.593. The zero-order valence-corrected chi connectivity index (χ0v) is 3.79. The van der Waals surface area contributed by atoms with Gasteiger partial charge in [0.2, 0.25) is 0 Å². The minimum atomic E-state index is -0.806. The molecule has 0 bridgehead atoms. The van der Waals surface area contributed by atoms with Crippen molar-refractivity contribution in [1.82, 2.24) is 0 Å². The Morgan fingerprint density at radius 1 is 1.50 bits per heavy atom. The van der Waals surface area contributed by atoms with E-state index in [1.807, 2.05) is 6.21 Å². The minimum Gasteiger partial charge on any atom is -0.281 e. The molecule has 0 N–H and O–H groups in total. The molecule has 1 heterocycles. The molecule has 1 rings (SSSR count). The lowest BCUT2D eigenvalue weighted by molar-refractivity contribution is -0.131. The van der Waals surface area contributed by atoms with E-state index >= 15 is 0 Å². The fourth-order valence-electron chi connectivity index (χ4n) is 0.275. The number of nitrogens with zero attached hydrogens (tertiary/aromatic N) is 2. The molecule has 0 atom stereocenters. The maximum atomic E-state index is 10.1. The number of hydrogen-bond acceptors (Lipinski definition) is 3. The SMILES string of the molecule is O=C1[C]=NC=NC1=O. The van der Waals surface area contributed by atoms with Crippen molar-refractivity contribution in [2.45, 2.75) is 0 Å². The molecule has 4 heteroatoms. The lowest BCUT2D eigenvalue weighted by Gasteiger charge is -1.86. The normalized spacial score (nSPS) is 17.5. The Morgan fingerprint density at radius 3 is 2.62 bits per heavy atom. The Morgan fingerprint density at radius 2 is 2.25 bits per heavy atom. The highest BCUT2D eigenvalue weighted by Gasteiger charge is 2.11. The first-order valence-electron chi connectivity index (χ1n) is 1.87. The van der Waals surface area contributed by atoms with Crippen LogP contribution in [0.1, 0.15) is 0 Å². The standard InChI is InChI=1S/C4HN2O2/c7-3-1-5-2-6-4(3)8/h2H. The van der Waals surface area contributed by atoms with Crippen molar-refractivity contribution in [3.63, 3.8) is 0 Å². The molecule has 0 aromatic carbocycles. The number of amides is 1. The molecule has 1 aliphatic heterocycles. The Hall–Kier alpha value is -1.32.